The van der Waals surface area contributed by atoms with Crippen LogP contribution in [0.15, 0.2) is 0 Å². The first-order valence-corrected chi connectivity index (χ1v) is 9.30. The van der Waals surface area contributed by atoms with Gasteiger partial charge in [-0.05, 0) is 26.2 Å². The third-order valence-corrected chi connectivity index (χ3v) is 6.76. The molecule has 0 aliphatic rings. The molecule has 0 bridgehead atoms. The van der Waals surface area contributed by atoms with E-state index in [1.54, 1.807) is 20.8 Å². The largest absolute Gasteiger partial charge is 0.500 e. The summed E-state index contributed by atoms with van der Waals surface area (Å²) in [5, 5.41) is 0. The van der Waals surface area contributed by atoms with E-state index in [0.29, 0.717) is 0 Å². The lowest BCUT2D eigenvalue weighted by Crippen LogP contribution is -2.47. The molecule has 1 unspecified atom stereocenters. The molecule has 9 heteroatoms. The van der Waals surface area contributed by atoms with Crippen molar-refractivity contribution in [3.05, 3.63) is 34.6 Å². The van der Waals surface area contributed by atoms with E-state index in [2.05, 4.69) is 0 Å². The first kappa shape index (κ1) is 21.0. The van der Waals surface area contributed by atoms with E-state index >= 15 is 0 Å². The van der Waals surface area contributed by atoms with Crippen molar-refractivity contribution in [2.24, 2.45) is 5.92 Å². The van der Waals surface area contributed by atoms with Crippen LogP contribution < -0.4 is 0 Å². The SMILES string of the molecule is CO[Si](CC(C)Cc1c(F)c(F)c(F)c(F)c1F)(OC)OC(C)C. The first-order valence-electron chi connectivity index (χ1n) is 7.37. The van der Waals surface area contributed by atoms with Gasteiger partial charge in [0.1, 0.15) is 0 Å². The quantitative estimate of drug-likeness (QED) is 0.296. The van der Waals surface area contributed by atoms with Crippen molar-refractivity contribution >= 4 is 8.80 Å². The van der Waals surface area contributed by atoms with Gasteiger partial charge in [-0.25, -0.2) is 22.0 Å². The molecule has 0 aromatic heterocycles. The molecular weight excluding hydrogens is 351 g/mol. The summed E-state index contributed by atoms with van der Waals surface area (Å²) in [6.07, 6.45) is -0.577. The Morgan fingerprint density at radius 1 is 0.792 bits per heavy atom. The molecule has 0 saturated heterocycles. The predicted octanol–water partition coefficient (Wildman–Crippen LogP) is 4.22. The fraction of sp³-hybridized carbons (Fsp3) is 0.600. The highest BCUT2D eigenvalue weighted by Crippen LogP contribution is 2.29. The van der Waals surface area contributed by atoms with Gasteiger partial charge in [0, 0.05) is 31.9 Å². The van der Waals surface area contributed by atoms with Crippen molar-refractivity contribution in [1.82, 2.24) is 0 Å². The van der Waals surface area contributed by atoms with Crippen LogP contribution in [0.25, 0.3) is 0 Å². The summed E-state index contributed by atoms with van der Waals surface area (Å²) in [7, 11) is -0.319. The predicted molar refractivity (Wildman–Crippen MR) is 79.9 cm³/mol. The Hall–Kier alpha value is -1.03. The van der Waals surface area contributed by atoms with Crippen LogP contribution in [0.1, 0.15) is 26.3 Å². The lowest BCUT2D eigenvalue weighted by atomic mass is 10.0. The number of halogens is 5. The molecule has 0 heterocycles. The zero-order valence-electron chi connectivity index (χ0n) is 14.2. The van der Waals surface area contributed by atoms with Gasteiger partial charge in [0.05, 0.1) is 0 Å². The Kier molecular flexibility index (Phi) is 7.33. The number of hydrogen-bond donors (Lipinski definition) is 0. The molecule has 3 nitrogen and oxygen atoms in total. The third-order valence-electron chi connectivity index (χ3n) is 3.49. The summed E-state index contributed by atoms with van der Waals surface area (Å²) < 4.78 is 83.5. The maximum Gasteiger partial charge on any atom is 0.500 e. The molecule has 0 spiro atoms. The molecule has 1 rings (SSSR count). The van der Waals surface area contributed by atoms with Gasteiger partial charge in [-0.1, -0.05) is 6.92 Å². The summed E-state index contributed by atoms with van der Waals surface area (Å²) in [5.41, 5.74) is -0.849. The minimum absolute atomic E-state index is 0.164. The minimum Gasteiger partial charge on any atom is -0.377 e. The first-order chi connectivity index (χ1) is 11.1. The Balaban J connectivity index is 3.05. The van der Waals surface area contributed by atoms with Crippen molar-refractivity contribution in [1.29, 1.82) is 0 Å². The summed E-state index contributed by atoms with van der Waals surface area (Å²) in [4.78, 5) is 0. The normalized spacial score (nSPS) is 13.6. The molecule has 0 saturated carbocycles. The topological polar surface area (TPSA) is 27.7 Å². The maximum atomic E-state index is 13.8. The molecular formula is C15H21F5O3Si. The molecule has 0 aliphatic carbocycles. The van der Waals surface area contributed by atoms with Gasteiger partial charge in [0.25, 0.3) is 0 Å². The number of rotatable bonds is 8. The lowest BCUT2D eigenvalue weighted by Gasteiger charge is -2.30. The highest BCUT2D eigenvalue weighted by molar-refractivity contribution is 6.60. The number of benzene rings is 1. The highest BCUT2D eigenvalue weighted by Gasteiger charge is 2.42. The van der Waals surface area contributed by atoms with Crippen molar-refractivity contribution in [2.45, 2.75) is 39.3 Å². The second kappa shape index (κ2) is 8.37. The second-order valence-electron chi connectivity index (χ2n) is 5.82. The Morgan fingerprint density at radius 3 is 1.58 bits per heavy atom. The average Bonchev–Trinajstić information content (AvgIpc) is 2.54. The van der Waals surface area contributed by atoms with Crippen LogP contribution in [0.3, 0.4) is 0 Å². The minimum atomic E-state index is -3.10. The van der Waals surface area contributed by atoms with Gasteiger partial charge in [0.2, 0.25) is 5.82 Å². The molecule has 0 N–H and O–H groups in total. The second-order valence-corrected chi connectivity index (χ2v) is 8.65. The van der Waals surface area contributed by atoms with E-state index in [1.165, 1.54) is 14.2 Å². The van der Waals surface area contributed by atoms with E-state index in [9.17, 15) is 22.0 Å². The number of hydrogen-bond acceptors (Lipinski definition) is 3. The van der Waals surface area contributed by atoms with Crippen LogP contribution in [0.2, 0.25) is 6.04 Å². The van der Waals surface area contributed by atoms with Crippen LogP contribution in [0.4, 0.5) is 22.0 Å². The Labute approximate surface area is 139 Å². The molecule has 24 heavy (non-hydrogen) atoms. The molecule has 138 valence electrons. The summed E-state index contributed by atoms with van der Waals surface area (Å²) in [5.74, 6) is -10.2. The van der Waals surface area contributed by atoms with Gasteiger partial charge in [0.15, 0.2) is 23.3 Å². The van der Waals surface area contributed by atoms with Gasteiger partial charge in [-0.3, -0.25) is 0 Å². The van der Waals surface area contributed by atoms with E-state index in [-0.39, 0.29) is 18.6 Å². The molecule has 0 radical (unpaired) electrons. The van der Waals surface area contributed by atoms with E-state index in [4.69, 9.17) is 13.3 Å². The monoisotopic (exact) mass is 372 g/mol. The fourth-order valence-electron chi connectivity index (χ4n) is 2.43. The van der Waals surface area contributed by atoms with Gasteiger partial charge < -0.3 is 13.3 Å². The van der Waals surface area contributed by atoms with Gasteiger partial charge in [-0.15, -0.1) is 0 Å². The molecule has 0 aliphatic heterocycles. The molecule has 1 atom stereocenters. The van der Waals surface area contributed by atoms with E-state index < -0.39 is 49.4 Å². The smallest absolute Gasteiger partial charge is 0.377 e. The van der Waals surface area contributed by atoms with Crippen LogP contribution >= 0.6 is 0 Å². The van der Waals surface area contributed by atoms with E-state index in [0.717, 1.165) is 0 Å². The van der Waals surface area contributed by atoms with Crippen LogP contribution in [0, 0.1) is 35.0 Å². The van der Waals surface area contributed by atoms with Crippen molar-refractivity contribution in [3.63, 3.8) is 0 Å². The van der Waals surface area contributed by atoms with E-state index in [1.807, 2.05) is 0 Å². The third kappa shape index (κ3) is 4.53. The van der Waals surface area contributed by atoms with Crippen LogP contribution in [-0.4, -0.2) is 29.1 Å². The molecule has 1 aromatic rings. The summed E-state index contributed by atoms with van der Waals surface area (Å²) in [6, 6.07) is 0.164. The lowest BCUT2D eigenvalue weighted by molar-refractivity contribution is 0.0664. The summed E-state index contributed by atoms with van der Waals surface area (Å²) >= 11 is 0. The molecule has 1 aromatic carbocycles. The zero-order valence-corrected chi connectivity index (χ0v) is 15.2. The maximum absolute atomic E-state index is 13.8. The zero-order chi connectivity index (χ0) is 18.7. The highest BCUT2D eigenvalue weighted by atomic mass is 28.4. The van der Waals surface area contributed by atoms with Gasteiger partial charge >= 0.3 is 8.80 Å². The molecule has 0 fully saturated rings. The Morgan fingerprint density at radius 2 is 1.21 bits per heavy atom. The van der Waals surface area contributed by atoms with Crippen LogP contribution in [0.5, 0.6) is 0 Å². The summed E-state index contributed by atoms with van der Waals surface area (Å²) in [6.45, 7) is 5.14. The Bertz CT molecular complexity index is 550. The van der Waals surface area contributed by atoms with Gasteiger partial charge in [-0.2, -0.15) is 0 Å². The van der Waals surface area contributed by atoms with Crippen molar-refractivity contribution < 1.29 is 35.2 Å². The molecule has 0 amide bonds. The van der Waals surface area contributed by atoms with Crippen LogP contribution in [-0.2, 0) is 19.7 Å². The van der Waals surface area contributed by atoms with Crippen molar-refractivity contribution in [2.75, 3.05) is 14.2 Å². The fourth-order valence-corrected chi connectivity index (χ4v) is 4.94. The van der Waals surface area contributed by atoms with Crippen molar-refractivity contribution in [3.8, 4) is 0 Å². The average molecular weight is 372 g/mol. The standard InChI is InChI=1S/C15H21F5O3Si/c1-8(2)23-24(21-4,22-5)7-9(3)6-10-11(16)13(18)15(20)14(19)12(10)17/h8-9H,6-7H2,1-5H3.